The molecule has 0 spiro atoms. The number of nitrogens with zero attached hydrogens (tertiary/aromatic N) is 2. The zero-order chi connectivity index (χ0) is 15.6. The Labute approximate surface area is 128 Å². The van der Waals surface area contributed by atoms with Crippen molar-refractivity contribution < 1.29 is 4.74 Å². The largest absolute Gasteiger partial charge is 0.492 e. The molecule has 0 radical (unpaired) electrons. The molecular weight excluding hydrogens is 260 g/mol. The molecule has 21 heavy (non-hydrogen) atoms. The maximum absolute atomic E-state index is 5.85. The van der Waals surface area contributed by atoms with Crippen LogP contribution in [0.15, 0.2) is 33.5 Å². The van der Waals surface area contributed by atoms with E-state index in [9.17, 15) is 0 Å². The number of fused-ring (bicyclic) bond motifs is 1. The first-order valence-electron chi connectivity index (χ1n) is 8.10. The predicted octanol–water partition coefficient (Wildman–Crippen LogP) is 4.35. The fourth-order valence-corrected chi connectivity index (χ4v) is 3.00. The van der Waals surface area contributed by atoms with Gasteiger partial charge in [0.05, 0.1) is 17.9 Å². The highest BCUT2D eigenvalue weighted by Crippen LogP contribution is 2.36. The van der Waals surface area contributed by atoms with Gasteiger partial charge in [0.1, 0.15) is 11.5 Å². The molecule has 1 aliphatic heterocycles. The van der Waals surface area contributed by atoms with E-state index in [0.29, 0.717) is 18.6 Å². The molecule has 1 heterocycles. The average Bonchev–Trinajstić information content (AvgIpc) is 2.39. The third-order valence-electron chi connectivity index (χ3n) is 4.10. The van der Waals surface area contributed by atoms with E-state index in [-0.39, 0.29) is 5.54 Å². The Hall–Kier alpha value is -1.38. The van der Waals surface area contributed by atoms with Crippen LogP contribution in [0.4, 0.5) is 0 Å². The topological polar surface area (TPSA) is 34.0 Å². The molecular formula is C18H28N2O. The first kappa shape index (κ1) is 16.0. The van der Waals surface area contributed by atoms with Gasteiger partial charge in [-0.3, -0.25) is 9.98 Å². The normalized spacial score (nSPS) is 27.4. The molecule has 0 saturated heterocycles. The molecule has 0 aromatic heterocycles. The third kappa shape index (κ3) is 3.63. The van der Waals surface area contributed by atoms with Gasteiger partial charge < -0.3 is 4.74 Å². The first-order chi connectivity index (χ1) is 9.86. The van der Waals surface area contributed by atoms with Gasteiger partial charge in [0.2, 0.25) is 0 Å². The van der Waals surface area contributed by atoms with Crippen LogP contribution in [0, 0.1) is 5.92 Å². The van der Waals surface area contributed by atoms with E-state index in [4.69, 9.17) is 14.7 Å². The van der Waals surface area contributed by atoms with Crippen LogP contribution in [0.25, 0.3) is 0 Å². The number of aliphatic imine (C=N–C) groups is 2. The second kappa shape index (κ2) is 6.17. The average molecular weight is 288 g/mol. The summed E-state index contributed by atoms with van der Waals surface area (Å²) in [6, 6.07) is 0.338. The van der Waals surface area contributed by atoms with Gasteiger partial charge in [0.15, 0.2) is 0 Å². The first-order valence-corrected chi connectivity index (χ1v) is 8.10. The minimum Gasteiger partial charge on any atom is -0.492 e. The Bertz CT molecular complexity index is 523. The lowest BCUT2D eigenvalue weighted by Crippen LogP contribution is -2.34. The van der Waals surface area contributed by atoms with Crippen LogP contribution in [0.3, 0.4) is 0 Å². The SMILES string of the molecule is CCOC1=CC(=NC(C)CC)C=C2C1=NC(C)(C)CC2C. The van der Waals surface area contributed by atoms with E-state index in [1.54, 1.807) is 0 Å². The molecule has 0 N–H and O–H groups in total. The van der Waals surface area contributed by atoms with Crippen molar-refractivity contribution in [2.24, 2.45) is 15.9 Å². The van der Waals surface area contributed by atoms with Gasteiger partial charge in [-0.15, -0.1) is 0 Å². The summed E-state index contributed by atoms with van der Waals surface area (Å²) in [6.45, 7) is 13.6. The van der Waals surface area contributed by atoms with Gasteiger partial charge in [0.25, 0.3) is 0 Å². The summed E-state index contributed by atoms with van der Waals surface area (Å²) in [7, 11) is 0. The molecule has 1 aliphatic carbocycles. The Balaban J connectivity index is 2.46. The quantitative estimate of drug-likeness (QED) is 0.708. The lowest BCUT2D eigenvalue weighted by Gasteiger charge is -2.35. The van der Waals surface area contributed by atoms with Crippen molar-refractivity contribution in [3.8, 4) is 0 Å². The van der Waals surface area contributed by atoms with Gasteiger partial charge in [0, 0.05) is 12.1 Å². The predicted molar refractivity (Wildman–Crippen MR) is 90.3 cm³/mol. The van der Waals surface area contributed by atoms with E-state index in [0.717, 1.165) is 30.0 Å². The van der Waals surface area contributed by atoms with E-state index in [1.807, 2.05) is 13.0 Å². The summed E-state index contributed by atoms with van der Waals surface area (Å²) >= 11 is 0. The van der Waals surface area contributed by atoms with Crippen LogP contribution in [0.1, 0.15) is 54.4 Å². The van der Waals surface area contributed by atoms with Gasteiger partial charge in [-0.2, -0.15) is 0 Å². The summed E-state index contributed by atoms with van der Waals surface area (Å²) in [5.41, 5.74) is 3.31. The van der Waals surface area contributed by atoms with Crippen molar-refractivity contribution in [2.45, 2.75) is 66.0 Å². The molecule has 0 amide bonds. The summed E-state index contributed by atoms with van der Waals surface area (Å²) in [6.07, 6.45) is 6.37. The van der Waals surface area contributed by atoms with Crippen molar-refractivity contribution in [1.82, 2.24) is 0 Å². The summed E-state index contributed by atoms with van der Waals surface area (Å²) < 4.78 is 5.85. The minimum absolute atomic E-state index is 0.0202. The molecule has 2 rings (SSSR count). The second-order valence-corrected chi connectivity index (χ2v) is 6.73. The van der Waals surface area contributed by atoms with Gasteiger partial charge in [-0.05, 0) is 58.1 Å². The van der Waals surface area contributed by atoms with Crippen molar-refractivity contribution >= 4 is 11.4 Å². The summed E-state index contributed by atoms with van der Waals surface area (Å²) in [5, 5.41) is 0. The summed E-state index contributed by atoms with van der Waals surface area (Å²) in [4.78, 5) is 9.70. The molecule has 3 heteroatoms. The highest BCUT2D eigenvalue weighted by atomic mass is 16.5. The number of allylic oxidation sites excluding steroid dienone is 3. The Morgan fingerprint density at radius 2 is 2.10 bits per heavy atom. The lowest BCUT2D eigenvalue weighted by molar-refractivity contribution is 0.247. The minimum atomic E-state index is -0.0202. The molecule has 0 aromatic rings. The molecule has 3 nitrogen and oxygen atoms in total. The van der Waals surface area contributed by atoms with E-state index in [2.05, 4.69) is 40.7 Å². The van der Waals surface area contributed by atoms with Crippen LogP contribution in [-0.2, 0) is 4.74 Å². The highest BCUT2D eigenvalue weighted by molar-refractivity contribution is 6.23. The summed E-state index contributed by atoms with van der Waals surface area (Å²) in [5.74, 6) is 1.37. The van der Waals surface area contributed by atoms with Crippen molar-refractivity contribution in [3.63, 3.8) is 0 Å². The molecule has 2 aliphatic rings. The fourth-order valence-electron chi connectivity index (χ4n) is 3.00. The lowest BCUT2D eigenvalue weighted by atomic mass is 9.79. The molecule has 116 valence electrons. The zero-order valence-electron chi connectivity index (χ0n) is 14.2. The van der Waals surface area contributed by atoms with E-state index < -0.39 is 0 Å². The smallest absolute Gasteiger partial charge is 0.146 e. The van der Waals surface area contributed by atoms with Crippen LogP contribution in [0.5, 0.6) is 0 Å². The van der Waals surface area contributed by atoms with E-state index >= 15 is 0 Å². The zero-order valence-corrected chi connectivity index (χ0v) is 14.2. The second-order valence-electron chi connectivity index (χ2n) is 6.73. The standard InChI is InChI=1S/C18H28N2O/c1-7-13(4)19-14-9-15-12(3)11-18(5,6)20-17(15)16(10-14)21-8-2/h9-10,12-13H,7-8,11H2,1-6H3. The van der Waals surface area contributed by atoms with Crippen LogP contribution in [-0.4, -0.2) is 29.6 Å². The number of hydrogen-bond donors (Lipinski definition) is 0. The number of ether oxygens (including phenoxy) is 1. The van der Waals surface area contributed by atoms with Gasteiger partial charge in [-0.1, -0.05) is 13.8 Å². The van der Waals surface area contributed by atoms with Gasteiger partial charge in [-0.25, -0.2) is 0 Å². The molecule has 0 fully saturated rings. The highest BCUT2D eigenvalue weighted by Gasteiger charge is 2.34. The third-order valence-corrected chi connectivity index (χ3v) is 4.10. The monoisotopic (exact) mass is 288 g/mol. The Morgan fingerprint density at radius 3 is 2.71 bits per heavy atom. The Morgan fingerprint density at radius 1 is 1.38 bits per heavy atom. The molecule has 0 aromatic carbocycles. The van der Waals surface area contributed by atoms with Crippen LogP contribution in [0.2, 0.25) is 0 Å². The molecule has 0 bridgehead atoms. The van der Waals surface area contributed by atoms with Crippen molar-refractivity contribution in [3.05, 3.63) is 23.5 Å². The maximum Gasteiger partial charge on any atom is 0.146 e. The van der Waals surface area contributed by atoms with Crippen molar-refractivity contribution in [1.29, 1.82) is 0 Å². The van der Waals surface area contributed by atoms with Crippen LogP contribution >= 0.6 is 0 Å². The maximum atomic E-state index is 5.85. The van der Waals surface area contributed by atoms with Gasteiger partial charge >= 0.3 is 0 Å². The molecule has 2 unspecified atom stereocenters. The number of rotatable bonds is 4. The van der Waals surface area contributed by atoms with Crippen LogP contribution < -0.4 is 0 Å². The molecule has 2 atom stereocenters. The molecule has 0 saturated carbocycles. The fraction of sp³-hybridized carbons (Fsp3) is 0.667. The number of hydrogen-bond acceptors (Lipinski definition) is 3. The Kier molecular flexibility index (Phi) is 4.70. The van der Waals surface area contributed by atoms with Crippen molar-refractivity contribution in [2.75, 3.05) is 6.61 Å². The van der Waals surface area contributed by atoms with E-state index in [1.165, 1.54) is 5.57 Å².